The molecule has 21 heavy (non-hydrogen) atoms. The normalized spacial score (nSPS) is 29.8. The number of hydrogen-bond donors (Lipinski definition) is 1. The second kappa shape index (κ2) is 5.77. The molecule has 2 saturated carbocycles. The number of nitrogens with one attached hydrogen (secondary N) is 1. The van der Waals surface area contributed by atoms with Crippen LogP contribution < -0.4 is 5.32 Å². The van der Waals surface area contributed by atoms with Gasteiger partial charge in [0.15, 0.2) is 0 Å². The first-order valence-electron chi connectivity index (χ1n) is 8.85. The summed E-state index contributed by atoms with van der Waals surface area (Å²) in [7, 11) is 0. The van der Waals surface area contributed by atoms with E-state index in [2.05, 4.69) is 23.2 Å². The second-order valence-corrected chi connectivity index (χ2v) is 7.32. The standard InChI is InChI=1S/C18H28N2O/c1-13-15(11-19-16-6-7-16)10-17(21-13)12-20-9-8-14-4-2-3-5-18(14)20/h10,14,16,18-19H,2-9,11-12H2,1H3. The van der Waals surface area contributed by atoms with E-state index in [1.807, 2.05) is 0 Å². The SMILES string of the molecule is Cc1oc(CN2CCC3CCCCC32)cc1CNC1CC1. The minimum absolute atomic E-state index is 0.768. The maximum Gasteiger partial charge on any atom is 0.118 e. The van der Waals surface area contributed by atoms with E-state index in [0.29, 0.717) is 0 Å². The lowest BCUT2D eigenvalue weighted by Gasteiger charge is -2.31. The van der Waals surface area contributed by atoms with E-state index in [1.54, 1.807) is 0 Å². The Morgan fingerprint density at radius 2 is 2.05 bits per heavy atom. The summed E-state index contributed by atoms with van der Waals surface area (Å²) in [6.07, 6.45) is 9.83. The molecule has 0 aromatic carbocycles. The van der Waals surface area contributed by atoms with Crippen molar-refractivity contribution in [3.8, 4) is 0 Å². The quantitative estimate of drug-likeness (QED) is 0.897. The van der Waals surface area contributed by atoms with Gasteiger partial charge in [0.05, 0.1) is 6.54 Å². The Kier molecular flexibility index (Phi) is 3.80. The zero-order chi connectivity index (χ0) is 14.2. The maximum absolute atomic E-state index is 6.03. The first-order valence-corrected chi connectivity index (χ1v) is 8.85. The predicted octanol–water partition coefficient (Wildman–Crippen LogP) is 3.60. The van der Waals surface area contributed by atoms with E-state index in [4.69, 9.17) is 4.42 Å². The summed E-state index contributed by atoms with van der Waals surface area (Å²) < 4.78 is 6.03. The fourth-order valence-corrected chi connectivity index (χ4v) is 4.28. The van der Waals surface area contributed by atoms with Crippen molar-refractivity contribution in [2.75, 3.05) is 6.54 Å². The van der Waals surface area contributed by atoms with E-state index in [0.717, 1.165) is 36.9 Å². The third-order valence-corrected chi connectivity index (χ3v) is 5.71. The number of aryl methyl sites for hydroxylation is 1. The van der Waals surface area contributed by atoms with Crippen LogP contribution in [0.1, 0.15) is 62.0 Å². The van der Waals surface area contributed by atoms with Crippen LogP contribution in [0.25, 0.3) is 0 Å². The highest BCUT2D eigenvalue weighted by atomic mass is 16.3. The van der Waals surface area contributed by atoms with Crippen molar-refractivity contribution in [3.05, 3.63) is 23.2 Å². The molecule has 116 valence electrons. The number of hydrogen-bond acceptors (Lipinski definition) is 3. The molecule has 3 nitrogen and oxygen atoms in total. The first kappa shape index (κ1) is 13.8. The summed E-state index contributed by atoms with van der Waals surface area (Å²) in [5.41, 5.74) is 1.36. The van der Waals surface area contributed by atoms with E-state index in [9.17, 15) is 0 Å². The van der Waals surface area contributed by atoms with Crippen molar-refractivity contribution in [3.63, 3.8) is 0 Å². The maximum atomic E-state index is 6.03. The van der Waals surface area contributed by atoms with Crippen LogP contribution in [-0.4, -0.2) is 23.5 Å². The molecule has 0 bridgehead atoms. The molecule has 1 N–H and O–H groups in total. The van der Waals surface area contributed by atoms with Crippen molar-refractivity contribution in [2.24, 2.45) is 5.92 Å². The van der Waals surface area contributed by atoms with Crippen molar-refractivity contribution in [1.29, 1.82) is 0 Å². The predicted molar refractivity (Wildman–Crippen MR) is 84.1 cm³/mol. The topological polar surface area (TPSA) is 28.4 Å². The molecule has 0 radical (unpaired) electrons. The van der Waals surface area contributed by atoms with E-state index in [-0.39, 0.29) is 0 Å². The second-order valence-electron chi connectivity index (χ2n) is 7.32. The number of fused-ring (bicyclic) bond motifs is 1. The Labute approximate surface area is 128 Å². The fraction of sp³-hybridized carbons (Fsp3) is 0.778. The molecular formula is C18H28N2O. The van der Waals surface area contributed by atoms with Crippen LogP contribution in [0.2, 0.25) is 0 Å². The Balaban J connectivity index is 1.38. The average molecular weight is 288 g/mol. The minimum atomic E-state index is 0.768. The van der Waals surface area contributed by atoms with Gasteiger partial charge in [-0.2, -0.15) is 0 Å². The van der Waals surface area contributed by atoms with Crippen molar-refractivity contribution >= 4 is 0 Å². The molecule has 2 atom stereocenters. The monoisotopic (exact) mass is 288 g/mol. The van der Waals surface area contributed by atoms with Gasteiger partial charge in [0.1, 0.15) is 11.5 Å². The molecule has 3 aliphatic rings. The number of nitrogens with zero attached hydrogens (tertiary/aromatic N) is 1. The Bertz CT molecular complexity index is 491. The number of likely N-dealkylation sites (tertiary alicyclic amines) is 1. The highest BCUT2D eigenvalue weighted by Gasteiger charge is 2.35. The van der Waals surface area contributed by atoms with Gasteiger partial charge in [0.25, 0.3) is 0 Å². The lowest BCUT2D eigenvalue weighted by Crippen LogP contribution is -2.34. The van der Waals surface area contributed by atoms with Gasteiger partial charge in [0.2, 0.25) is 0 Å². The van der Waals surface area contributed by atoms with Crippen molar-refractivity contribution < 1.29 is 4.42 Å². The molecule has 1 aromatic rings. The summed E-state index contributed by atoms with van der Waals surface area (Å²) >= 11 is 0. The molecule has 1 aromatic heterocycles. The van der Waals surface area contributed by atoms with E-state index < -0.39 is 0 Å². The average Bonchev–Trinajstić information content (AvgIpc) is 3.14. The molecule has 1 saturated heterocycles. The van der Waals surface area contributed by atoms with Gasteiger partial charge in [-0.05, 0) is 57.6 Å². The highest BCUT2D eigenvalue weighted by molar-refractivity contribution is 5.21. The zero-order valence-corrected chi connectivity index (χ0v) is 13.2. The first-order chi connectivity index (χ1) is 10.3. The Morgan fingerprint density at radius 3 is 2.90 bits per heavy atom. The minimum Gasteiger partial charge on any atom is -0.465 e. The molecule has 0 amide bonds. The number of rotatable bonds is 5. The van der Waals surface area contributed by atoms with Gasteiger partial charge in [-0.25, -0.2) is 0 Å². The summed E-state index contributed by atoms with van der Waals surface area (Å²) in [4.78, 5) is 2.68. The van der Waals surface area contributed by atoms with E-state index >= 15 is 0 Å². The van der Waals surface area contributed by atoms with Gasteiger partial charge in [0, 0.05) is 24.2 Å². The lowest BCUT2D eigenvalue weighted by atomic mass is 9.85. The lowest BCUT2D eigenvalue weighted by molar-refractivity contribution is 0.165. The molecule has 1 aliphatic heterocycles. The van der Waals surface area contributed by atoms with E-state index in [1.165, 1.54) is 62.8 Å². The van der Waals surface area contributed by atoms with Crippen LogP contribution >= 0.6 is 0 Å². The molecule has 4 rings (SSSR count). The summed E-state index contributed by atoms with van der Waals surface area (Å²) in [5, 5.41) is 3.59. The third kappa shape index (κ3) is 3.04. The van der Waals surface area contributed by atoms with Crippen LogP contribution in [0, 0.1) is 12.8 Å². The van der Waals surface area contributed by atoms with Crippen LogP contribution in [0.4, 0.5) is 0 Å². The fourth-order valence-electron chi connectivity index (χ4n) is 4.28. The summed E-state index contributed by atoms with van der Waals surface area (Å²) in [6, 6.07) is 3.89. The van der Waals surface area contributed by atoms with Crippen LogP contribution in [0.3, 0.4) is 0 Å². The van der Waals surface area contributed by atoms with Crippen LogP contribution in [0.5, 0.6) is 0 Å². The molecule has 2 unspecified atom stereocenters. The summed E-state index contributed by atoms with van der Waals surface area (Å²) in [6.45, 7) is 5.38. The van der Waals surface area contributed by atoms with Gasteiger partial charge in [-0.1, -0.05) is 12.8 Å². The van der Waals surface area contributed by atoms with Crippen molar-refractivity contribution in [1.82, 2.24) is 10.2 Å². The van der Waals surface area contributed by atoms with Gasteiger partial charge < -0.3 is 9.73 Å². The van der Waals surface area contributed by atoms with Gasteiger partial charge >= 0.3 is 0 Å². The molecule has 2 heterocycles. The van der Waals surface area contributed by atoms with Crippen LogP contribution in [0.15, 0.2) is 10.5 Å². The molecular weight excluding hydrogens is 260 g/mol. The number of furan rings is 1. The molecule has 0 spiro atoms. The highest BCUT2D eigenvalue weighted by Crippen LogP contribution is 2.37. The largest absolute Gasteiger partial charge is 0.465 e. The molecule has 3 fully saturated rings. The smallest absolute Gasteiger partial charge is 0.118 e. The van der Waals surface area contributed by atoms with Crippen molar-refractivity contribution in [2.45, 2.75) is 77.0 Å². The summed E-state index contributed by atoms with van der Waals surface area (Å²) in [5.74, 6) is 3.25. The van der Waals surface area contributed by atoms with Gasteiger partial charge in [-0.15, -0.1) is 0 Å². The Hall–Kier alpha value is -0.800. The third-order valence-electron chi connectivity index (χ3n) is 5.71. The van der Waals surface area contributed by atoms with Crippen LogP contribution in [-0.2, 0) is 13.1 Å². The molecule has 2 aliphatic carbocycles. The molecule has 3 heteroatoms. The Morgan fingerprint density at radius 1 is 1.19 bits per heavy atom. The zero-order valence-electron chi connectivity index (χ0n) is 13.2. The van der Waals surface area contributed by atoms with Gasteiger partial charge in [-0.3, -0.25) is 4.90 Å².